The largest absolute Gasteiger partial charge is 0.507 e. The summed E-state index contributed by atoms with van der Waals surface area (Å²) in [7, 11) is 0. The molecule has 0 radical (unpaired) electrons. The van der Waals surface area contributed by atoms with Crippen LogP contribution < -0.4 is 4.74 Å². The van der Waals surface area contributed by atoms with E-state index < -0.39 is 0 Å². The highest BCUT2D eigenvalue weighted by Gasteiger charge is 2.11. The maximum absolute atomic E-state index is 9.92. The Morgan fingerprint density at radius 3 is 2.62 bits per heavy atom. The zero-order valence-corrected chi connectivity index (χ0v) is 9.45. The predicted octanol–water partition coefficient (Wildman–Crippen LogP) is 3.30. The molecule has 0 saturated heterocycles. The third-order valence-corrected chi connectivity index (χ3v) is 2.55. The van der Waals surface area contributed by atoms with E-state index in [2.05, 4.69) is 0 Å². The Hall–Kier alpha value is -1.61. The molecule has 0 heterocycles. The van der Waals surface area contributed by atoms with Crippen LogP contribution in [-0.4, -0.2) is 16.8 Å². The monoisotopic (exact) mass is 238 g/mol. The zero-order chi connectivity index (χ0) is 11.7. The Bertz CT molecular complexity index is 537. The van der Waals surface area contributed by atoms with Gasteiger partial charge in [0.15, 0.2) is 11.5 Å². The number of hydrogen-bond donors (Lipinski definition) is 2. The Morgan fingerprint density at radius 1 is 1.19 bits per heavy atom. The molecule has 0 bridgehead atoms. The van der Waals surface area contributed by atoms with E-state index in [1.807, 2.05) is 6.92 Å². The smallest absolute Gasteiger partial charge is 0.165 e. The van der Waals surface area contributed by atoms with E-state index >= 15 is 0 Å². The van der Waals surface area contributed by atoms with Gasteiger partial charge in [0.2, 0.25) is 0 Å². The van der Waals surface area contributed by atoms with Crippen molar-refractivity contribution in [3.8, 4) is 17.2 Å². The Morgan fingerprint density at radius 2 is 1.94 bits per heavy atom. The number of phenols is 2. The summed E-state index contributed by atoms with van der Waals surface area (Å²) >= 11 is 5.82. The summed E-state index contributed by atoms with van der Waals surface area (Å²) in [6.45, 7) is 2.23. The first-order chi connectivity index (χ1) is 7.63. The van der Waals surface area contributed by atoms with E-state index in [9.17, 15) is 10.2 Å². The van der Waals surface area contributed by atoms with Crippen molar-refractivity contribution < 1.29 is 14.9 Å². The minimum Gasteiger partial charge on any atom is -0.507 e. The quantitative estimate of drug-likeness (QED) is 0.790. The second-order valence-electron chi connectivity index (χ2n) is 3.37. The van der Waals surface area contributed by atoms with Crippen molar-refractivity contribution in [1.29, 1.82) is 0 Å². The first kappa shape index (κ1) is 10.9. The molecule has 0 aliphatic heterocycles. The van der Waals surface area contributed by atoms with Crippen LogP contribution in [0.15, 0.2) is 24.3 Å². The highest BCUT2D eigenvalue weighted by Crippen LogP contribution is 2.40. The van der Waals surface area contributed by atoms with Crippen LogP contribution in [0.5, 0.6) is 17.2 Å². The topological polar surface area (TPSA) is 49.7 Å². The van der Waals surface area contributed by atoms with E-state index in [0.29, 0.717) is 22.4 Å². The van der Waals surface area contributed by atoms with Crippen LogP contribution in [0.1, 0.15) is 6.92 Å². The molecule has 0 fully saturated rings. The number of halogens is 1. The molecule has 4 heteroatoms. The van der Waals surface area contributed by atoms with E-state index in [1.54, 1.807) is 18.2 Å². The molecule has 2 N–H and O–H groups in total. The lowest BCUT2D eigenvalue weighted by molar-refractivity contribution is 0.318. The Kier molecular flexibility index (Phi) is 2.79. The number of benzene rings is 2. The van der Waals surface area contributed by atoms with Crippen LogP contribution in [0.2, 0.25) is 5.02 Å². The number of aromatic hydroxyl groups is 2. The van der Waals surface area contributed by atoms with E-state index in [1.165, 1.54) is 6.07 Å². The van der Waals surface area contributed by atoms with Crippen molar-refractivity contribution >= 4 is 22.4 Å². The molecule has 16 heavy (non-hydrogen) atoms. The van der Waals surface area contributed by atoms with Gasteiger partial charge in [-0.05, 0) is 25.1 Å². The summed E-state index contributed by atoms with van der Waals surface area (Å²) in [4.78, 5) is 0. The first-order valence-corrected chi connectivity index (χ1v) is 5.28. The van der Waals surface area contributed by atoms with Crippen molar-refractivity contribution in [3.05, 3.63) is 29.3 Å². The SMILES string of the molecule is CCOc1cc(O)c2cc(Cl)ccc2c1O. The number of hydrogen-bond acceptors (Lipinski definition) is 3. The van der Waals surface area contributed by atoms with Gasteiger partial charge in [-0.2, -0.15) is 0 Å². The fourth-order valence-corrected chi connectivity index (χ4v) is 1.78. The van der Waals surface area contributed by atoms with Gasteiger partial charge < -0.3 is 14.9 Å². The van der Waals surface area contributed by atoms with Crippen molar-refractivity contribution in [2.24, 2.45) is 0 Å². The van der Waals surface area contributed by atoms with Gasteiger partial charge in [-0.3, -0.25) is 0 Å². The number of fused-ring (bicyclic) bond motifs is 1. The van der Waals surface area contributed by atoms with Crippen LogP contribution in [0.25, 0.3) is 10.8 Å². The summed E-state index contributed by atoms with van der Waals surface area (Å²) < 4.78 is 5.21. The number of rotatable bonds is 2. The molecular formula is C12H11ClO3. The molecule has 0 unspecified atom stereocenters. The predicted molar refractivity (Wildman–Crippen MR) is 63.5 cm³/mol. The maximum atomic E-state index is 9.92. The van der Waals surface area contributed by atoms with Gasteiger partial charge in [0, 0.05) is 21.9 Å². The second kappa shape index (κ2) is 4.10. The van der Waals surface area contributed by atoms with Gasteiger partial charge in [0.1, 0.15) is 5.75 Å². The molecule has 0 aliphatic rings. The lowest BCUT2D eigenvalue weighted by atomic mass is 10.1. The summed E-state index contributed by atoms with van der Waals surface area (Å²) in [6, 6.07) is 6.28. The van der Waals surface area contributed by atoms with Gasteiger partial charge in [0.25, 0.3) is 0 Å². The van der Waals surface area contributed by atoms with Crippen LogP contribution in [-0.2, 0) is 0 Å². The average Bonchev–Trinajstić information content (AvgIpc) is 2.26. The fourth-order valence-electron chi connectivity index (χ4n) is 1.60. The minimum absolute atomic E-state index is 0.0197. The lowest BCUT2D eigenvalue weighted by Gasteiger charge is -2.10. The summed E-state index contributed by atoms with van der Waals surface area (Å²) in [6.07, 6.45) is 0. The Labute approximate surface area is 97.8 Å². The van der Waals surface area contributed by atoms with Gasteiger partial charge in [-0.15, -0.1) is 0 Å². The van der Waals surface area contributed by atoms with Crippen molar-refractivity contribution in [2.75, 3.05) is 6.61 Å². The van der Waals surface area contributed by atoms with Gasteiger partial charge in [-0.1, -0.05) is 11.6 Å². The van der Waals surface area contributed by atoms with Crippen LogP contribution in [0.3, 0.4) is 0 Å². The standard InChI is InChI=1S/C12H11ClO3/c1-2-16-11-6-10(14)9-5-7(13)3-4-8(9)12(11)15/h3-6,14-15H,2H2,1H3. The zero-order valence-electron chi connectivity index (χ0n) is 8.70. The van der Waals surface area contributed by atoms with Crippen LogP contribution >= 0.6 is 11.6 Å². The van der Waals surface area contributed by atoms with Gasteiger partial charge in [-0.25, -0.2) is 0 Å². The van der Waals surface area contributed by atoms with Crippen LogP contribution in [0, 0.1) is 0 Å². The number of phenolic OH excluding ortho intramolecular Hbond substituents is 2. The Balaban J connectivity index is 2.74. The third-order valence-electron chi connectivity index (χ3n) is 2.31. The molecule has 0 atom stereocenters. The maximum Gasteiger partial charge on any atom is 0.165 e. The summed E-state index contributed by atoms with van der Waals surface area (Å²) in [5.74, 6) is 0.333. The van der Waals surface area contributed by atoms with Gasteiger partial charge >= 0.3 is 0 Å². The molecule has 3 nitrogen and oxygen atoms in total. The molecule has 2 aromatic carbocycles. The fraction of sp³-hybridized carbons (Fsp3) is 0.167. The van der Waals surface area contributed by atoms with E-state index in [-0.39, 0.29) is 17.2 Å². The van der Waals surface area contributed by atoms with Gasteiger partial charge in [0.05, 0.1) is 6.61 Å². The molecule has 2 rings (SSSR count). The summed E-state index contributed by atoms with van der Waals surface area (Å²) in [5, 5.41) is 21.2. The van der Waals surface area contributed by atoms with Crippen molar-refractivity contribution in [1.82, 2.24) is 0 Å². The number of ether oxygens (including phenoxy) is 1. The molecule has 0 spiro atoms. The third kappa shape index (κ3) is 1.74. The molecule has 0 aliphatic carbocycles. The second-order valence-corrected chi connectivity index (χ2v) is 3.80. The molecule has 0 aromatic heterocycles. The average molecular weight is 239 g/mol. The minimum atomic E-state index is 0.0197. The molecule has 84 valence electrons. The first-order valence-electron chi connectivity index (χ1n) is 4.90. The van der Waals surface area contributed by atoms with Crippen LogP contribution in [0.4, 0.5) is 0 Å². The van der Waals surface area contributed by atoms with Crippen molar-refractivity contribution in [2.45, 2.75) is 6.92 Å². The highest BCUT2D eigenvalue weighted by molar-refractivity contribution is 6.31. The highest BCUT2D eigenvalue weighted by atomic mass is 35.5. The van der Waals surface area contributed by atoms with E-state index in [0.717, 1.165) is 0 Å². The van der Waals surface area contributed by atoms with Crippen molar-refractivity contribution in [3.63, 3.8) is 0 Å². The van der Waals surface area contributed by atoms with E-state index in [4.69, 9.17) is 16.3 Å². The molecule has 0 saturated carbocycles. The summed E-state index contributed by atoms with van der Waals surface area (Å²) in [5.41, 5.74) is 0. The molecule has 2 aromatic rings. The lowest BCUT2D eigenvalue weighted by Crippen LogP contribution is -1.92. The molecule has 0 amide bonds. The normalized spacial score (nSPS) is 10.6. The molecular weight excluding hydrogens is 228 g/mol.